The number of carbonyl (C=O) groups excluding carboxylic acids is 3. The van der Waals surface area contributed by atoms with Gasteiger partial charge in [0.25, 0.3) is 5.69 Å². The van der Waals surface area contributed by atoms with Crippen molar-refractivity contribution in [1.82, 2.24) is 9.80 Å². The number of amides is 1. The van der Waals surface area contributed by atoms with Gasteiger partial charge in [0, 0.05) is 29.5 Å². The fourth-order valence-corrected chi connectivity index (χ4v) is 8.34. The molecular formula is C28H28FN3O7S2. The zero-order chi connectivity index (χ0) is 29.3. The molecule has 0 unspecified atom stereocenters. The molecule has 0 bridgehead atoms. The molecule has 41 heavy (non-hydrogen) atoms. The van der Waals surface area contributed by atoms with E-state index in [0.29, 0.717) is 34.9 Å². The summed E-state index contributed by atoms with van der Waals surface area (Å²) in [5.41, 5.74) is 1.08. The summed E-state index contributed by atoms with van der Waals surface area (Å²) >= 11 is 2.84. The average molecular weight is 602 g/mol. The maximum absolute atomic E-state index is 13.3. The second-order valence-corrected chi connectivity index (χ2v) is 12.7. The predicted octanol–water partition coefficient (Wildman–Crippen LogP) is 3.94. The lowest BCUT2D eigenvalue weighted by atomic mass is 9.90. The number of nitro benzene ring substituents is 1. The number of ketones is 1. The normalized spacial score (nSPS) is 22.9. The zero-order valence-corrected chi connectivity index (χ0v) is 23.7. The Morgan fingerprint density at radius 1 is 1.22 bits per heavy atom. The van der Waals surface area contributed by atoms with Crippen molar-refractivity contribution in [3.8, 4) is 0 Å². The number of likely N-dealkylation sites (tertiary alicyclic amines) is 1. The van der Waals surface area contributed by atoms with E-state index >= 15 is 0 Å². The number of esters is 1. The van der Waals surface area contributed by atoms with Crippen molar-refractivity contribution in [1.29, 1.82) is 0 Å². The molecule has 0 aromatic heterocycles. The van der Waals surface area contributed by atoms with E-state index in [4.69, 9.17) is 4.74 Å². The number of hydrogen-bond acceptors (Lipinski definition) is 10. The minimum absolute atomic E-state index is 0.0549. The van der Waals surface area contributed by atoms with Gasteiger partial charge < -0.3 is 9.84 Å². The number of halogens is 1. The lowest BCUT2D eigenvalue weighted by molar-refractivity contribution is -0.384. The molecular weight excluding hydrogens is 573 g/mol. The van der Waals surface area contributed by atoms with Gasteiger partial charge in [0.05, 0.1) is 27.7 Å². The number of carbonyl (C=O) groups is 3. The van der Waals surface area contributed by atoms with Crippen LogP contribution in [0.2, 0.25) is 0 Å². The Balaban J connectivity index is 1.27. The molecule has 0 saturated carbocycles. The van der Waals surface area contributed by atoms with E-state index in [1.54, 1.807) is 6.92 Å². The first-order chi connectivity index (χ1) is 19.7. The summed E-state index contributed by atoms with van der Waals surface area (Å²) in [6, 6.07) is 11.1. The number of fused-ring (bicyclic) bond motifs is 1. The van der Waals surface area contributed by atoms with Crippen molar-refractivity contribution >= 4 is 46.9 Å². The van der Waals surface area contributed by atoms with E-state index < -0.39 is 34.1 Å². The second kappa shape index (κ2) is 12.3. The Morgan fingerprint density at radius 3 is 2.59 bits per heavy atom. The number of nitro groups is 1. The molecule has 0 radical (unpaired) electrons. The summed E-state index contributed by atoms with van der Waals surface area (Å²) < 4.78 is 19.4. The van der Waals surface area contributed by atoms with Gasteiger partial charge in [0.15, 0.2) is 11.5 Å². The van der Waals surface area contributed by atoms with Crippen LogP contribution in [0.25, 0.3) is 0 Å². The van der Waals surface area contributed by atoms with Crippen molar-refractivity contribution < 1.29 is 33.5 Å². The quantitative estimate of drug-likeness (QED) is 0.133. The van der Waals surface area contributed by atoms with E-state index in [2.05, 4.69) is 0 Å². The van der Waals surface area contributed by atoms with Crippen LogP contribution in [0.4, 0.5) is 10.1 Å². The molecule has 4 atom stereocenters. The summed E-state index contributed by atoms with van der Waals surface area (Å²) in [5.74, 6) is -2.13. The van der Waals surface area contributed by atoms with Gasteiger partial charge in [0.2, 0.25) is 5.91 Å². The van der Waals surface area contributed by atoms with Crippen LogP contribution in [0.1, 0.15) is 35.7 Å². The molecule has 13 heteroatoms. The number of ether oxygens (including phenoxy) is 1. The maximum atomic E-state index is 13.3. The number of benzene rings is 2. The Bertz CT molecular complexity index is 1390. The molecule has 3 heterocycles. The minimum atomic E-state index is -0.822. The molecule has 2 aromatic carbocycles. The molecule has 216 valence electrons. The first kappa shape index (κ1) is 29.2. The van der Waals surface area contributed by atoms with Crippen LogP contribution < -0.4 is 0 Å². The van der Waals surface area contributed by atoms with Gasteiger partial charge in [-0.1, -0.05) is 18.7 Å². The fourth-order valence-electron chi connectivity index (χ4n) is 5.04. The van der Waals surface area contributed by atoms with Crippen LogP contribution in [0.5, 0.6) is 0 Å². The van der Waals surface area contributed by atoms with Crippen molar-refractivity contribution in [2.75, 3.05) is 19.6 Å². The fraction of sp³-hybridized carbons (Fsp3) is 0.393. The molecule has 1 amide bonds. The highest BCUT2D eigenvalue weighted by molar-refractivity contribution is 8.23. The Labute approximate surface area is 244 Å². The number of non-ortho nitro benzene ring substituents is 1. The highest BCUT2D eigenvalue weighted by Gasteiger charge is 2.58. The van der Waals surface area contributed by atoms with E-state index in [1.165, 1.54) is 77.0 Å². The van der Waals surface area contributed by atoms with Crippen molar-refractivity contribution in [3.05, 3.63) is 85.5 Å². The Morgan fingerprint density at radius 2 is 1.93 bits per heavy atom. The largest absolute Gasteiger partial charge is 0.456 e. The first-order valence-electron chi connectivity index (χ1n) is 13.2. The van der Waals surface area contributed by atoms with E-state index in [1.807, 2.05) is 4.90 Å². The lowest BCUT2D eigenvalue weighted by Gasteiger charge is -2.44. The van der Waals surface area contributed by atoms with Gasteiger partial charge in [-0.3, -0.25) is 29.5 Å². The molecule has 2 aromatic rings. The average Bonchev–Trinajstić information content (AvgIpc) is 3.54. The molecule has 1 N–H and O–H groups in total. The topological polar surface area (TPSA) is 130 Å². The lowest BCUT2D eigenvalue weighted by Crippen LogP contribution is -2.61. The third kappa shape index (κ3) is 6.17. The SMILES string of the molecule is CC[C@H](O)[C@@H]1C(=O)N2C(C(=O)OCc3ccc([N+](=O)[O-])cc3)=C(S[C@H]3CCN(CC(=O)c4ccc(F)cc4)C3)S[C@H]12. The van der Waals surface area contributed by atoms with E-state index in [0.717, 1.165) is 6.42 Å². The standard InChI is InChI=1S/C28H28FN3O7S2/c1-2-21(33)23-25(35)31-24(27(36)39-15-16-3-9-19(10-4-16)32(37)38)28(41-26(23)31)40-20-11-12-30(13-20)14-22(34)17-5-7-18(29)8-6-17/h3-10,20-21,23,26,33H,2,11-15H2,1H3/t20-,21-,23+,26+/m0/s1. The van der Waals surface area contributed by atoms with Gasteiger partial charge in [-0.2, -0.15) is 0 Å². The van der Waals surface area contributed by atoms with Crippen LogP contribution >= 0.6 is 23.5 Å². The smallest absolute Gasteiger partial charge is 0.357 e. The predicted molar refractivity (Wildman–Crippen MR) is 151 cm³/mol. The summed E-state index contributed by atoms with van der Waals surface area (Å²) in [6.45, 7) is 3.12. The molecule has 3 aliphatic rings. The molecule has 0 spiro atoms. The maximum Gasteiger partial charge on any atom is 0.357 e. The first-order valence-corrected chi connectivity index (χ1v) is 14.9. The van der Waals surface area contributed by atoms with Crippen molar-refractivity contribution in [2.24, 2.45) is 5.92 Å². The molecule has 10 nitrogen and oxygen atoms in total. The highest BCUT2D eigenvalue weighted by atomic mass is 32.2. The number of Topliss-reactive ketones (excluding diaryl/α,β-unsaturated/α-hetero) is 1. The summed E-state index contributed by atoms with van der Waals surface area (Å²) in [4.78, 5) is 52.8. The van der Waals surface area contributed by atoms with Gasteiger partial charge in [-0.15, -0.1) is 11.8 Å². The Kier molecular flexibility index (Phi) is 8.78. The van der Waals surface area contributed by atoms with Crippen LogP contribution in [-0.2, 0) is 20.9 Å². The number of hydrogen-bond donors (Lipinski definition) is 1. The van der Waals surface area contributed by atoms with E-state index in [9.17, 15) is 34.0 Å². The third-order valence-corrected chi connectivity index (χ3v) is 10.2. The van der Waals surface area contributed by atoms with Crippen LogP contribution in [0.15, 0.2) is 58.5 Å². The van der Waals surface area contributed by atoms with Crippen LogP contribution in [0, 0.1) is 21.8 Å². The van der Waals surface area contributed by atoms with Gasteiger partial charge >= 0.3 is 5.97 Å². The number of β-lactam (4-membered cyclic amide) rings is 1. The third-order valence-electron chi connectivity index (χ3n) is 7.33. The molecule has 2 saturated heterocycles. The van der Waals surface area contributed by atoms with Gasteiger partial charge in [-0.05, 0) is 61.3 Å². The number of rotatable bonds is 11. The summed E-state index contributed by atoms with van der Waals surface area (Å²) in [6.07, 6.45) is 0.344. The molecule has 3 aliphatic heterocycles. The number of aliphatic hydroxyl groups is 1. The molecule has 5 rings (SSSR count). The minimum Gasteiger partial charge on any atom is -0.456 e. The van der Waals surface area contributed by atoms with Gasteiger partial charge in [-0.25, -0.2) is 9.18 Å². The number of aliphatic hydroxyl groups excluding tert-OH is 1. The number of nitrogens with zero attached hydrogens (tertiary/aromatic N) is 3. The van der Waals surface area contributed by atoms with Crippen LogP contribution in [-0.4, -0.2) is 73.9 Å². The highest BCUT2D eigenvalue weighted by Crippen LogP contribution is 2.55. The van der Waals surface area contributed by atoms with Crippen molar-refractivity contribution in [3.63, 3.8) is 0 Å². The van der Waals surface area contributed by atoms with Crippen LogP contribution in [0.3, 0.4) is 0 Å². The molecule has 2 fully saturated rings. The summed E-state index contributed by atoms with van der Waals surface area (Å²) in [5, 5.41) is 21.0. The second-order valence-electron chi connectivity index (χ2n) is 10.0. The summed E-state index contributed by atoms with van der Waals surface area (Å²) in [7, 11) is 0. The number of thioether (sulfide) groups is 2. The Hall–Kier alpha value is -3.26. The van der Waals surface area contributed by atoms with Gasteiger partial charge in [0.1, 0.15) is 17.8 Å². The monoisotopic (exact) mass is 601 g/mol. The molecule has 0 aliphatic carbocycles. The zero-order valence-electron chi connectivity index (χ0n) is 22.1. The van der Waals surface area contributed by atoms with Crippen molar-refractivity contribution in [2.45, 2.75) is 43.1 Å². The van der Waals surface area contributed by atoms with E-state index in [-0.39, 0.29) is 41.5 Å².